The summed E-state index contributed by atoms with van der Waals surface area (Å²) in [5.41, 5.74) is 0.655. The van der Waals surface area contributed by atoms with Gasteiger partial charge < -0.3 is 15.4 Å². The molecule has 0 radical (unpaired) electrons. The molecule has 2 aromatic carbocycles. The molecule has 4 nitrogen and oxygen atoms in total. The largest absolute Gasteiger partial charge is 0.494 e. The van der Waals surface area contributed by atoms with Crippen LogP contribution in [-0.2, 0) is 6.54 Å². The quantitative estimate of drug-likeness (QED) is 0.885. The average Bonchev–Trinajstić information content (AvgIpc) is 2.51. The molecule has 0 spiro atoms. The number of amides is 2. The van der Waals surface area contributed by atoms with Crippen molar-refractivity contribution in [2.45, 2.75) is 13.5 Å². The third-order valence-corrected chi connectivity index (χ3v) is 2.86. The number of benzene rings is 2. The molecule has 116 valence electrons. The fraction of sp³-hybridized carbons (Fsp3) is 0.188. The predicted molar refractivity (Wildman–Crippen MR) is 79.8 cm³/mol. The van der Waals surface area contributed by atoms with Gasteiger partial charge in [-0.1, -0.05) is 12.1 Å². The molecule has 0 bridgehead atoms. The molecule has 2 aromatic rings. The monoisotopic (exact) mass is 306 g/mol. The van der Waals surface area contributed by atoms with E-state index in [1.54, 1.807) is 12.1 Å². The number of halogens is 2. The number of anilines is 1. The summed E-state index contributed by atoms with van der Waals surface area (Å²) in [6.45, 7) is 2.74. The summed E-state index contributed by atoms with van der Waals surface area (Å²) in [5.74, 6) is -0.571. The van der Waals surface area contributed by atoms with Gasteiger partial charge in [-0.2, -0.15) is 0 Å². The Labute approximate surface area is 127 Å². The molecule has 0 saturated heterocycles. The van der Waals surface area contributed by atoms with Crippen LogP contribution in [0.25, 0.3) is 0 Å². The number of ether oxygens (including phenoxy) is 1. The Balaban J connectivity index is 1.88. The molecule has 0 aliphatic heterocycles. The molecule has 6 heteroatoms. The van der Waals surface area contributed by atoms with Gasteiger partial charge in [-0.15, -0.1) is 0 Å². The van der Waals surface area contributed by atoms with Crippen molar-refractivity contribution in [1.82, 2.24) is 5.32 Å². The minimum absolute atomic E-state index is 0.204. The predicted octanol–water partition coefficient (Wildman–Crippen LogP) is 3.69. The van der Waals surface area contributed by atoms with E-state index in [4.69, 9.17) is 4.74 Å². The van der Waals surface area contributed by atoms with Crippen LogP contribution in [0.5, 0.6) is 5.75 Å². The minimum atomic E-state index is -0.697. The van der Waals surface area contributed by atoms with Gasteiger partial charge >= 0.3 is 6.03 Å². The summed E-state index contributed by atoms with van der Waals surface area (Å²) in [7, 11) is 0. The van der Waals surface area contributed by atoms with E-state index in [0.717, 1.165) is 29.5 Å². The molecular weight excluding hydrogens is 290 g/mol. The van der Waals surface area contributed by atoms with E-state index < -0.39 is 17.7 Å². The van der Waals surface area contributed by atoms with Crippen molar-refractivity contribution < 1.29 is 18.3 Å². The second-order valence-corrected chi connectivity index (χ2v) is 4.51. The third kappa shape index (κ3) is 4.44. The molecule has 0 atom stereocenters. The van der Waals surface area contributed by atoms with Crippen LogP contribution < -0.4 is 15.4 Å². The molecule has 2 rings (SSSR count). The second-order valence-electron chi connectivity index (χ2n) is 4.51. The van der Waals surface area contributed by atoms with Crippen LogP contribution in [0.2, 0.25) is 0 Å². The highest BCUT2D eigenvalue weighted by atomic mass is 19.1. The Morgan fingerprint density at radius 3 is 2.55 bits per heavy atom. The van der Waals surface area contributed by atoms with Gasteiger partial charge in [0.1, 0.15) is 17.4 Å². The van der Waals surface area contributed by atoms with Crippen LogP contribution in [0.15, 0.2) is 42.5 Å². The lowest BCUT2D eigenvalue weighted by Crippen LogP contribution is -2.28. The van der Waals surface area contributed by atoms with Crippen LogP contribution in [0.1, 0.15) is 12.5 Å². The zero-order valence-corrected chi connectivity index (χ0v) is 12.0. The van der Waals surface area contributed by atoms with E-state index in [2.05, 4.69) is 10.6 Å². The number of rotatable bonds is 5. The fourth-order valence-electron chi connectivity index (χ4n) is 1.81. The Hall–Kier alpha value is -2.63. The van der Waals surface area contributed by atoms with Gasteiger partial charge in [-0.05, 0) is 36.8 Å². The lowest BCUT2D eigenvalue weighted by Gasteiger charge is -2.09. The van der Waals surface area contributed by atoms with Crippen molar-refractivity contribution in [1.29, 1.82) is 0 Å². The number of nitrogens with one attached hydrogen (secondary N) is 2. The summed E-state index contributed by atoms with van der Waals surface area (Å²) < 4.78 is 31.7. The molecule has 0 fully saturated rings. The van der Waals surface area contributed by atoms with Gasteiger partial charge in [0.25, 0.3) is 0 Å². The first-order chi connectivity index (χ1) is 10.6. The minimum Gasteiger partial charge on any atom is -0.494 e. The van der Waals surface area contributed by atoms with Crippen molar-refractivity contribution in [3.63, 3.8) is 0 Å². The van der Waals surface area contributed by atoms with E-state index in [9.17, 15) is 13.6 Å². The molecule has 0 unspecified atom stereocenters. The maximum atomic E-state index is 13.4. The van der Waals surface area contributed by atoms with Crippen LogP contribution in [0, 0.1) is 11.6 Å². The maximum Gasteiger partial charge on any atom is 0.319 e. The normalized spacial score (nSPS) is 10.1. The van der Waals surface area contributed by atoms with Gasteiger partial charge in [0.05, 0.1) is 12.3 Å². The molecule has 0 aromatic heterocycles. The van der Waals surface area contributed by atoms with E-state index >= 15 is 0 Å². The number of hydrogen-bond donors (Lipinski definition) is 2. The van der Waals surface area contributed by atoms with Crippen molar-refractivity contribution in [3.05, 3.63) is 59.7 Å². The van der Waals surface area contributed by atoms with Crippen LogP contribution in [0.4, 0.5) is 19.3 Å². The summed E-state index contributed by atoms with van der Waals surface area (Å²) in [5, 5.41) is 4.83. The molecule has 22 heavy (non-hydrogen) atoms. The fourth-order valence-corrected chi connectivity index (χ4v) is 1.81. The summed E-state index contributed by atoms with van der Waals surface area (Å²) in [4.78, 5) is 11.7. The number of urea groups is 1. The Morgan fingerprint density at radius 2 is 1.86 bits per heavy atom. The number of carbonyl (C=O) groups is 1. The van der Waals surface area contributed by atoms with Crippen molar-refractivity contribution in [3.8, 4) is 5.75 Å². The van der Waals surface area contributed by atoms with E-state index in [-0.39, 0.29) is 12.2 Å². The molecule has 0 aliphatic rings. The summed E-state index contributed by atoms with van der Waals surface area (Å²) in [6.07, 6.45) is 0. The van der Waals surface area contributed by atoms with E-state index in [1.165, 1.54) is 0 Å². The first kappa shape index (κ1) is 15.8. The van der Waals surface area contributed by atoms with Gasteiger partial charge in [-0.3, -0.25) is 0 Å². The summed E-state index contributed by atoms with van der Waals surface area (Å²) in [6, 6.07) is 9.47. The van der Waals surface area contributed by atoms with Gasteiger partial charge in [0.15, 0.2) is 0 Å². The van der Waals surface area contributed by atoms with E-state index in [0.29, 0.717) is 6.61 Å². The SMILES string of the molecule is CCOc1ccc(CNC(=O)Nc2cc(F)ccc2F)cc1. The Morgan fingerprint density at radius 1 is 1.14 bits per heavy atom. The Kier molecular flexibility index (Phi) is 5.30. The number of carbonyl (C=O) groups excluding carboxylic acids is 1. The molecule has 0 heterocycles. The smallest absolute Gasteiger partial charge is 0.319 e. The zero-order chi connectivity index (χ0) is 15.9. The Bertz CT molecular complexity index is 645. The zero-order valence-electron chi connectivity index (χ0n) is 12.0. The van der Waals surface area contributed by atoms with Crippen molar-refractivity contribution in [2.75, 3.05) is 11.9 Å². The lowest BCUT2D eigenvalue weighted by atomic mass is 10.2. The first-order valence-electron chi connectivity index (χ1n) is 6.80. The molecule has 2 amide bonds. The highest BCUT2D eigenvalue weighted by Crippen LogP contribution is 2.15. The molecule has 2 N–H and O–H groups in total. The van der Waals surface area contributed by atoms with Crippen molar-refractivity contribution in [2.24, 2.45) is 0 Å². The molecule has 0 saturated carbocycles. The average molecular weight is 306 g/mol. The van der Waals surface area contributed by atoms with Crippen molar-refractivity contribution >= 4 is 11.7 Å². The molecular formula is C16H16F2N2O2. The standard InChI is InChI=1S/C16H16F2N2O2/c1-2-22-13-6-3-11(4-7-13)10-19-16(21)20-15-9-12(17)5-8-14(15)18/h3-9H,2,10H2,1H3,(H2,19,20,21). The van der Waals surface area contributed by atoms with Crippen LogP contribution in [-0.4, -0.2) is 12.6 Å². The number of hydrogen-bond acceptors (Lipinski definition) is 2. The first-order valence-corrected chi connectivity index (χ1v) is 6.80. The lowest BCUT2D eigenvalue weighted by molar-refractivity contribution is 0.251. The van der Waals surface area contributed by atoms with Gasteiger partial charge in [-0.25, -0.2) is 13.6 Å². The van der Waals surface area contributed by atoms with Crippen LogP contribution in [0.3, 0.4) is 0 Å². The maximum absolute atomic E-state index is 13.4. The highest BCUT2D eigenvalue weighted by molar-refractivity contribution is 5.89. The van der Waals surface area contributed by atoms with E-state index in [1.807, 2.05) is 19.1 Å². The summed E-state index contributed by atoms with van der Waals surface area (Å²) >= 11 is 0. The van der Waals surface area contributed by atoms with Crippen LogP contribution >= 0.6 is 0 Å². The van der Waals surface area contributed by atoms with Gasteiger partial charge in [0, 0.05) is 12.6 Å². The second kappa shape index (κ2) is 7.40. The topological polar surface area (TPSA) is 50.4 Å². The molecule has 0 aliphatic carbocycles. The third-order valence-electron chi connectivity index (χ3n) is 2.86. The van der Waals surface area contributed by atoms with Gasteiger partial charge in [0.2, 0.25) is 0 Å². The highest BCUT2D eigenvalue weighted by Gasteiger charge is 2.07.